The fourth-order valence-electron chi connectivity index (χ4n) is 3.42. The number of hydrogen-bond acceptors (Lipinski definition) is 5. The van der Waals surface area contributed by atoms with E-state index in [1.54, 1.807) is 12.1 Å². The number of esters is 1. The monoisotopic (exact) mass is 409 g/mol. The molecule has 0 aromatic heterocycles. The van der Waals surface area contributed by atoms with Gasteiger partial charge in [0.2, 0.25) is 0 Å². The lowest BCUT2D eigenvalue weighted by atomic mass is 10.1. The number of aryl methyl sites for hydroxylation is 1. The molecule has 3 rings (SSSR count). The lowest BCUT2D eigenvalue weighted by molar-refractivity contribution is -0.136. The molecule has 2 aromatic rings. The number of amides is 2. The van der Waals surface area contributed by atoms with Crippen molar-refractivity contribution in [3.8, 4) is 0 Å². The molecule has 0 spiro atoms. The molecular formula is C23H27N3O4. The second-order valence-corrected chi connectivity index (χ2v) is 7.24. The highest BCUT2D eigenvalue weighted by Gasteiger charge is 2.14. The molecule has 0 saturated carbocycles. The minimum Gasteiger partial charge on any atom is -0.465 e. The van der Waals surface area contributed by atoms with Crippen molar-refractivity contribution in [1.29, 1.82) is 0 Å². The maximum absolute atomic E-state index is 12.0. The Morgan fingerprint density at radius 3 is 2.23 bits per heavy atom. The Hall–Kier alpha value is -3.35. The van der Waals surface area contributed by atoms with Crippen molar-refractivity contribution in [1.82, 2.24) is 5.32 Å². The van der Waals surface area contributed by atoms with Crippen molar-refractivity contribution >= 4 is 29.2 Å². The predicted octanol–water partition coefficient (Wildman–Crippen LogP) is 2.76. The number of carbonyl (C=O) groups excluding carboxylic acids is 3. The van der Waals surface area contributed by atoms with E-state index in [1.807, 2.05) is 0 Å². The predicted molar refractivity (Wildman–Crippen MR) is 116 cm³/mol. The van der Waals surface area contributed by atoms with E-state index in [2.05, 4.69) is 44.5 Å². The van der Waals surface area contributed by atoms with E-state index in [9.17, 15) is 14.4 Å². The third-order valence-electron chi connectivity index (χ3n) is 5.11. The van der Waals surface area contributed by atoms with Crippen LogP contribution in [0.1, 0.15) is 35.2 Å². The molecule has 0 atom stereocenters. The Morgan fingerprint density at radius 1 is 0.933 bits per heavy atom. The van der Waals surface area contributed by atoms with Crippen LogP contribution in [0.15, 0.2) is 48.5 Å². The average molecular weight is 409 g/mol. The summed E-state index contributed by atoms with van der Waals surface area (Å²) in [4.78, 5) is 37.8. The number of carbonyl (C=O) groups is 3. The second-order valence-electron chi connectivity index (χ2n) is 7.24. The van der Waals surface area contributed by atoms with Crippen molar-refractivity contribution in [3.05, 3.63) is 59.7 Å². The van der Waals surface area contributed by atoms with E-state index in [1.165, 1.54) is 43.3 Å². The summed E-state index contributed by atoms with van der Waals surface area (Å²) >= 11 is 0. The van der Waals surface area contributed by atoms with Gasteiger partial charge in [-0.2, -0.15) is 0 Å². The van der Waals surface area contributed by atoms with E-state index in [0.717, 1.165) is 25.9 Å². The summed E-state index contributed by atoms with van der Waals surface area (Å²) in [5, 5.41) is 5.14. The first-order valence-electron chi connectivity index (χ1n) is 10.2. The molecule has 1 aliphatic heterocycles. The van der Waals surface area contributed by atoms with Gasteiger partial charge in [-0.05, 0) is 67.6 Å². The SMILES string of the molecule is COC(=O)c1ccc(NC(=O)C(=O)NCCCc2ccc(N3CCCC3)cc2)cc1. The van der Waals surface area contributed by atoms with E-state index >= 15 is 0 Å². The molecule has 1 saturated heterocycles. The lowest BCUT2D eigenvalue weighted by Crippen LogP contribution is -2.36. The quantitative estimate of drug-likeness (QED) is 0.417. The van der Waals surface area contributed by atoms with Crippen LogP contribution in [-0.4, -0.2) is 44.5 Å². The number of hydrogen-bond donors (Lipinski definition) is 2. The Labute approximate surface area is 176 Å². The molecule has 2 aromatic carbocycles. The van der Waals surface area contributed by atoms with Crippen LogP contribution in [0.25, 0.3) is 0 Å². The summed E-state index contributed by atoms with van der Waals surface area (Å²) in [6.45, 7) is 2.67. The second kappa shape index (κ2) is 10.4. The molecule has 0 radical (unpaired) electrons. The van der Waals surface area contributed by atoms with Crippen molar-refractivity contribution in [2.24, 2.45) is 0 Å². The molecule has 2 N–H and O–H groups in total. The lowest BCUT2D eigenvalue weighted by Gasteiger charge is -2.17. The van der Waals surface area contributed by atoms with Gasteiger partial charge < -0.3 is 20.3 Å². The molecule has 1 aliphatic rings. The first-order valence-corrected chi connectivity index (χ1v) is 10.2. The Bertz CT molecular complexity index is 872. The van der Waals surface area contributed by atoms with Gasteiger partial charge in [-0.15, -0.1) is 0 Å². The number of anilines is 2. The normalized spacial score (nSPS) is 13.0. The summed E-state index contributed by atoms with van der Waals surface area (Å²) in [6, 6.07) is 14.7. The van der Waals surface area contributed by atoms with Crippen LogP contribution >= 0.6 is 0 Å². The zero-order valence-corrected chi connectivity index (χ0v) is 17.1. The number of methoxy groups -OCH3 is 1. The molecule has 1 fully saturated rings. The Morgan fingerprint density at radius 2 is 1.60 bits per heavy atom. The average Bonchev–Trinajstić information content (AvgIpc) is 3.32. The maximum atomic E-state index is 12.0. The van der Waals surface area contributed by atoms with Crippen molar-refractivity contribution in [2.75, 3.05) is 37.0 Å². The van der Waals surface area contributed by atoms with Crippen molar-refractivity contribution in [2.45, 2.75) is 25.7 Å². The standard InChI is InChI=1S/C23H27N3O4/c1-30-23(29)18-8-10-19(11-9-18)25-22(28)21(27)24-14-4-5-17-6-12-20(13-7-17)26-15-2-3-16-26/h6-13H,2-5,14-16H2,1H3,(H,24,27)(H,25,28). The topological polar surface area (TPSA) is 87.7 Å². The first kappa shape index (κ1) is 21.4. The number of nitrogens with zero attached hydrogens (tertiary/aromatic N) is 1. The molecular weight excluding hydrogens is 382 g/mol. The van der Waals surface area contributed by atoms with Gasteiger partial charge in [-0.1, -0.05) is 12.1 Å². The molecule has 30 heavy (non-hydrogen) atoms. The Kier molecular flexibility index (Phi) is 7.43. The number of rotatable bonds is 7. The van der Waals surface area contributed by atoms with Crippen LogP contribution in [0.4, 0.5) is 11.4 Å². The first-order chi connectivity index (χ1) is 14.6. The zero-order chi connectivity index (χ0) is 21.3. The molecule has 0 unspecified atom stereocenters. The number of benzene rings is 2. The molecule has 2 amide bonds. The van der Waals surface area contributed by atoms with Gasteiger partial charge in [0.25, 0.3) is 0 Å². The highest BCUT2D eigenvalue weighted by molar-refractivity contribution is 6.39. The minimum atomic E-state index is -0.740. The number of ether oxygens (including phenoxy) is 1. The number of nitrogens with one attached hydrogen (secondary N) is 2. The maximum Gasteiger partial charge on any atom is 0.337 e. The van der Waals surface area contributed by atoms with Gasteiger partial charge in [-0.25, -0.2) is 4.79 Å². The third kappa shape index (κ3) is 5.83. The van der Waals surface area contributed by atoms with Gasteiger partial charge in [0.1, 0.15) is 0 Å². The van der Waals surface area contributed by atoms with E-state index in [4.69, 9.17) is 0 Å². The van der Waals surface area contributed by atoms with Gasteiger partial charge in [-0.3, -0.25) is 9.59 Å². The van der Waals surface area contributed by atoms with Gasteiger partial charge in [0.05, 0.1) is 12.7 Å². The summed E-state index contributed by atoms with van der Waals surface area (Å²) in [5.74, 6) is -1.89. The van der Waals surface area contributed by atoms with E-state index < -0.39 is 17.8 Å². The molecule has 158 valence electrons. The molecule has 7 nitrogen and oxygen atoms in total. The highest BCUT2D eigenvalue weighted by atomic mass is 16.5. The minimum absolute atomic E-state index is 0.369. The molecule has 7 heteroatoms. The highest BCUT2D eigenvalue weighted by Crippen LogP contribution is 2.20. The zero-order valence-electron chi connectivity index (χ0n) is 17.1. The fraction of sp³-hybridized carbons (Fsp3) is 0.348. The summed E-state index contributed by atoms with van der Waals surface area (Å²) < 4.78 is 4.62. The van der Waals surface area contributed by atoms with E-state index in [0.29, 0.717) is 17.8 Å². The van der Waals surface area contributed by atoms with Crippen molar-refractivity contribution < 1.29 is 19.1 Å². The van der Waals surface area contributed by atoms with Crippen LogP contribution < -0.4 is 15.5 Å². The van der Waals surface area contributed by atoms with Crippen molar-refractivity contribution in [3.63, 3.8) is 0 Å². The summed E-state index contributed by atoms with van der Waals surface area (Å²) in [7, 11) is 1.30. The van der Waals surface area contributed by atoms with Gasteiger partial charge >= 0.3 is 17.8 Å². The van der Waals surface area contributed by atoms with Crippen LogP contribution in [0.3, 0.4) is 0 Å². The van der Waals surface area contributed by atoms with Crippen LogP contribution in [0.2, 0.25) is 0 Å². The van der Waals surface area contributed by atoms with Crippen LogP contribution in [-0.2, 0) is 20.7 Å². The summed E-state index contributed by atoms with van der Waals surface area (Å²) in [5.41, 5.74) is 3.28. The fourth-order valence-corrected chi connectivity index (χ4v) is 3.42. The van der Waals surface area contributed by atoms with Gasteiger partial charge in [0, 0.05) is 31.0 Å². The third-order valence-corrected chi connectivity index (χ3v) is 5.11. The van der Waals surface area contributed by atoms with Crippen LogP contribution in [0, 0.1) is 0 Å². The largest absolute Gasteiger partial charge is 0.465 e. The van der Waals surface area contributed by atoms with E-state index in [-0.39, 0.29) is 0 Å². The van der Waals surface area contributed by atoms with Gasteiger partial charge in [0.15, 0.2) is 0 Å². The molecule has 0 aliphatic carbocycles. The summed E-state index contributed by atoms with van der Waals surface area (Å²) in [6.07, 6.45) is 4.09. The Balaban J connectivity index is 1.37. The van der Waals surface area contributed by atoms with Crippen LogP contribution in [0.5, 0.6) is 0 Å². The molecule has 1 heterocycles. The molecule has 0 bridgehead atoms. The smallest absolute Gasteiger partial charge is 0.337 e.